The van der Waals surface area contributed by atoms with Crippen LogP contribution in [0.4, 0.5) is 11.6 Å². The summed E-state index contributed by atoms with van der Waals surface area (Å²) in [5, 5.41) is 24.5. The minimum Gasteiger partial charge on any atom is -0.491 e. The van der Waals surface area contributed by atoms with Gasteiger partial charge in [-0.25, -0.2) is 19.9 Å². The zero-order chi connectivity index (χ0) is 43.6. The topological polar surface area (TPSA) is 235 Å². The highest BCUT2D eigenvalue weighted by Crippen LogP contribution is 2.44. The number of ether oxygens (including phenoxy) is 6. The Kier molecular flexibility index (Phi) is 10.9. The average molecular weight is 985 g/mol. The number of fused-ring (bicyclic) bond motifs is 5. The van der Waals surface area contributed by atoms with E-state index in [1.807, 2.05) is 79.2 Å². The smallest absolute Gasteiger partial charge is 0.164 e. The van der Waals surface area contributed by atoms with Gasteiger partial charge in [0.2, 0.25) is 0 Å². The van der Waals surface area contributed by atoms with Gasteiger partial charge in [0, 0.05) is 56.6 Å². The number of anilines is 2. The lowest BCUT2D eigenvalue weighted by Crippen LogP contribution is -2.34. The summed E-state index contributed by atoms with van der Waals surface area (Å²) in [5.74, 6) is 1.34. The van der Waals surface area contributed by atoms with Crippen molar-refractivity contribution in [3.05, 3.63) is 107 Å². The van der Waals surface area contributed by atoms with Crippen LogP contribution in [0.3, 0.4) is 0 Å². The summed E-state index contributed by atoms with van der Waals surface area (Å²) in [4.78, 5) is 25.5. The molecule has 18 nitrogen and oxygen atoms in total. The van der Waals surface area contributed by atoms with Crippen molar-refractivity contribution in [1.29, 1.82) is 0 Å². The molecule has 20 heteroatoms. The largest absolute Gasteiger partial charge is 0.491 e. The Bertz CT molecular complexity index is 2990. The van der Waals surface area contributed by atoms with Gasteiger partial charge in [-0.2, -0.15) is 0 Å². The number of nitrogens with two attached hydrogens (primary N) is 2. The van der Waals surface area contributed by atoms with Crippen molar-refractivity contribution in [3.8, 4) is 11.5 Å². The molecule has 8 atom stereocenters. The maximum Gasteiger partial charge on any atom is 0.164 e. The summed E-state index contributed by atoms with van der Waals surface area (Å²) >= 11 is 6.85. The molecule has 3 aliphatic heterocycles. The molecule has 0 saturated carbocycles. The van der Waals surface area contributed by atoms with Crippen LogP contribution in [-0.4, -0.2) is 105 Å². The minimum absolute atomic E-state index is 0.0626. The zero-order valence-corrected chi connectivity index (χ0v) is 36.8. The number of nitrogen functional groups attached to an aromatic ring is 2. The maximum atomic E-state index is 10.6. The van der Waals surface area contributed by atoms with Crippen molar-refractivity contribution in [1.82, 2.24) is 39.0 Å². The van der Waals surface area contributed by atoms with E-state index < -0.39 is 36.6 Å². The SMILES string of the molecule is CC1(C)O[C@@H]2[C@H](O1)[C@@H](COc1ccc3cc(Br)cnc3c1)O[C@H]2n1ccc2c(N)ncnc21.Nc1ncnc2c1ccn2[C@@H]1O[C@H](COc2ccc3cc(Br)cnc3c2)[C@@H](O)[C@H]1O. The molecule has 0 spiro atoms. The molecule has 3 aliphatic rings. The Morgan fingerprint density at radius 1 is 0.635 bits per heavy atom. The fourth-order valence-corrected chi connectivity index (χ4v) is 8.89. The van der Waals surface area contributed by atoms with Crippen LogP contribution in [0.1, 0.15) is 26.3 Å². The molecule has 8 aromatic rings. The Morgan fingerprint density at radius 3 is 1.71 bits per heavy atom. The standard InChI is InChI=1S/C23H22BrN5O4.C20H18BrN5O4/c1-23(2)32-18-17(10-30-14-4-3-12-7-13(24)9-26-16(12)8-14)31-22(19(18)33-23)29-6-5-15-20(25)27-11-28-21(15)29;21-11-5-10-1-2-12(6-14(10)23-7-11)29-8-15-16(27)17(28)20(30-15)26-4-3-13-18(22)24-9-25-19(13)26/h3-9,11,17-19,22H,10H2,1-2H3,(H2,25,27,28);1-7,9,15-17,20,27-28H,8H2,(H2,22,24,25)/t17-,18-,19-,22-;15-,16-,17-,20-/m11/s1. The summed E-state index contributed by atoms with van der Waals surface area (Å²) in [6.45, 7) is 4.17. The quantitative estimate of drug-likeness (QED) is 0.140. The van der Waals surface area contributed by atoms with Crippen LogP contribution in [0, 0.1) is 0 Å². The number of benzene rings is 2. The van der Waals surface area contributed by atoms with Gasteiger partial charge in [0.1, 0.15) is 96.9 Å². The first-order valence-corrected chi connectivity index (χ1v) is 21.5. The van der Waals surface area contributed by atoms with Gasteiger partial charge in [-0.05, 0) is 94.2 Å². The molecule has 0 aliphatic carbocycles. The number of nitrogens with zero attached hydrogens (tertiary/aromatic N) is 8. The Balaban J connectivity index is 0.000000150. The van der Waals surface area contributed by atoms with E-state index in [1.165, 1.54) is 12.7 Å². The second-order valence-electron chi connectivity index (χ2n) is 15.8. The number of rotatable bonds is 8. The molecule has 63 heavy (non-hydrogen) atoms. The van der Waals surface area contributed by atoms with Gasteiger partial charge < -0.3 is 59.2 Å². The lowest BCUT2D eigenvalue weighted by Gasteiger charge is -2.25. The van der Waals surface area contributed by atoms with Gasteiger partial charge in [-0.3, -0.25) is 9.97 Å². The van der Waals surface area contributed by atoms with Gasteiger partial charge in [-0.1, -0.05) is 0 Å². The highest BCUT2D eigenvalue weighted by atomic mass is 79.9. The van der Waals surface area contributed by atoms with Gasteiger partial charge in [0.05, 0.1) is 21.8 Å². The number of halogens is 2. The second-order valence-corrected chi connectivity index (χ2v) is 17.6. The lowest BCUT2D eigenvalue weighted by atomic mass is 10.1. The van der Waals surface area contributed by atoms with Crippen molar-refractivity contribution in [3.63, 3.8) is 0 Å². The summed E-state index contributed by atoms with van der Waals surface area (Å²) in [6, 6.07) is 19.0. The Labute approximate surface area is 375 Å². The monoisotopic (exact) mass is 982 g/mol. The van der Waals surface area contributed by atoms with E-state index in [0.29, 0.717) is 46.4 Å². The minimum atomic E-state index is -1.15. The van der Waals surface area contributed by atoms with Gasteiger partial charge >= 0.3 is 0 Å². The van der Waals surface area contributed by atoms with Gasteiger partial charge in [0.15, 0.2) is 18.2 Å². The predicted molar refractivity (Wildman–Crippen MR) is 237 cm³/mol. The summed E-state index contributed by atoms with van der Waals surface area (Å²) in [5.41, 5.74) is 14.7. The molecular formula is C43H40Br2N10O8. The molecule has 6 N–H and O–H groups in total. The summed E-state index contributed by atoms with van der Waals surface area (Å²) in [7, 11) is 0. The van der Waals surface area contributed by atoms with Crippen LogP contribution in [0.5, 0.6) is 11.5 Å². The van der Waals surface area contributed by atoms with Gasteiger partial charge in [-0.15, -0.1) is 0 Å². The molecule has 0 unspecified atom stereocenters. The zero-order valence-electron chi connectivity index (χ0n) is 33.6. The van der Waals surface area contributed by atoms with Gasteiger partial charge in [0.25, 0.3) is 0 Å². The maximum absolute atomic E-state index is 10.6. The van der Waals surface area contributed by atoms with E-state index in [4.69, 9.17) is 39.9 Å². The first-order valence-electron chi connectivity index (χ1n) is 19.9. The Morgan fingerprint density at radius 2 is 1.14 bits per heavy atom. The highest BCUT2D eigenvalue weighted by Gasteiger charge is 2.56. The molecule has 9 heterocycles. The predicted octanol–water partition coefficient (Wildman–Crippen LogP) is 5.84. The van der Waals surface area contributed by atoms with Crippen molar-refractivity contribution in [2.75, 3.05) is 24.7 Å². The molecule has 6 aromatic heterocycles. The van der Waals surface area contributed by atoms with E-state index in [9.17, 15) is 10.2 Å². The van der Waals surface area contributed by atoms with Crippen LogP contribution >= 0.6 is 31.9 Å². The lowest BCUT2D eigenvalue weighted by molar-refractivity contribution is -0.198. The van der Waals surface area contributed by atoms with Crippen molar-refractivity contribution in [2.24, 2.45) is 0 Å². The van der Waals surface area contributed by atoms with Crippen LogP contribution in [0.15, 0.2) is 107 Å². The van der Waals surface area contributed by atoms with Crippen LogP contribution < -0.4 is 20.9 Å². The fourth-order valence-electron chi connectivity index (χ4n) is 8.19. The third-order valence-corrected chi connectivity index (χ3v) is 12.0. The summed E-state index contributed by atoms with van der Waals surface area (Å²) < 4.78 is 42.1. The molecule has 3 saturated heterocycles. The molecule has 2 aromatic carbocycles. The second kappa shape index (κ2) is 16.5. The van der Waals surface area contributed by atoms with Crippen LogP contribution in [-0.2, 0) is 18.9 Å². The van der Waals surface area contributed by atoms with E-state index in [1.54, 1.807) is 29.2 Å². The Hall–Kier alpha value is -5.58. The van der Waals surface area contributed by atoms with Crippen molar-refractivity contribution in [2.45, 2.75) is 68.7 Å². The van der Waals surface area contributed by atoms with Crippen LogP contribution in [0.25, 0.3) is 43.9 Å². The van der Waals surface area contributed by atoms with E-state index in [0.717, 1.165) is 36.1 Å². The highest BCUT2D eigenvalue weighted by molar-refractivity contribution is 9.10. The molecule has 324 valence electrons. The third kappa shape index (κ3) is 8.01. The molecule has 0 radical (unpaired) electrons. The number of hydrogen-bond donors (Lipinski definition) is 4. The molecule has 0 amide bonds. The number of pyridine rings is 2. The van der Waals surface area contributed by atoms with E-state index >= 15 is 0 Å². The first kappa shape index (κ1) is 41.4. The molecule has 11 rings (SSSR count). The normalized spacial score (nSPS) is 25.1. The average Bonchev–Trinajstić information content (AvgIpc) is 4.09. The van der Waals surface area contributed by atoms with E-state index in [2.05, 4.69) is 61.8 Å². The van der Waals surface area contributed by atoms with Crippen molar-refractivity contribution >= 4 is 87.4 Å². The number of aliphatic hydroxyl groups is 2. The third-order valence-electron chi connectivity index (χ3n) is 11.2. The molecule has 3 fully saturated rings. The molecular weight excluding hydrogens is 944 g/mol. The van der Waals surface area contributed by atoms with Crippen LogP contribution in [0.2, 0.25) is 0 Å². The van der Waals surface area contributed by atoms with E-state index in [-0.39, 0.29) is 24.9 Å². The van der Waals surface area contributed by atoms with Crippen molar-refractivity contribution < 1.29 is 38.6 Å². The number of hydrogen-bond acceptors (Lipinski definition) is 16. The number of aliphatic hydroxyl groups excluding tert-OH is 2. The molecule has 0 bridgehead atoms. The first-order chi connectivity index (χ1) is 30.4. The fraction of sp³-hybridized carbons (Fsp3) is 0.302. The summed E-state index contributed by atoms with van der Waals surface area (Å²) in [6.07, 6.45) is 4.65. The number of aromatic nitrogens is 8.